The van der Waals surface area contributed by atoms with Crippen LogP contribution >= 0.6 is 62.2 Å². The van der Waals surface area contributed by atoms with Crippen LogP contribution in [0, 0.1) is 0 Å². The number of carbonyl (C=O) groups excluding carboxylic acids is 1. The highest BCUT2D eigenvalue weighted by atomic mass is 79.9. The number of nitrogens with zero attached hydrogens (tertiary/aromatic N) is 4. The van der Waals surface area contributed by atoms with Crippen molar-refractivity contribution in [1.82, 2.24) is 19.7 Å². The Labute approximate surface area is 216 Å². The summed E-state index contributed by atoms with van der Waals surface area (Å²) in [6.07, 6.45) is 0. The Bertz CT molecular complexity index is 1280. The molecule has 1 amide bonds. The number of benzene rings is 2. The van der Waals surface area contributed by atoms with E-state index in [1.165, 1.54) is 23.1 Å². The minimum absolute atomic E-state index is 0.161. The lowest BCUT2D eigenvalue weighted by Crippen LogP contribution is -2.14. The van der Waals surface area contributed by atoms with Crippen molar-refractivity contribution in [2.45, 2.75) is 11.8 Å². The van der Waals surface area contributed by atoms with Gasteiger partial charge in [-0.1, -0.05) is 63.0 Å². The van der Waals surface area contributed by atoms with E-state index in [4.69, 9.17) is 27.9 Å². The Morgan fingerprint density at radius 2 is 2.00 bits per heavy atom. The van der Waals surface area contributed by atoms with Crippen molar-refractivity contribution in [2.75, 3.05) is 11.1 Å². The summed E-state index contributed by atoms with van der Waals surface area (Å²) in [6.45, 7) is 0.161. The average Bonchev–Trinajstić information content (AvgIpc) is 3.40. The zero-order chi connectivity index (χ0) is 23.4. The molecular formula is C21H16BrCl2N5O2S2. The number of carbonyl (C=O) groups is 1. The number of anilines is 1. The van der Waals surface area contributed by atoms with Crippen molar-refractivity contribution in [3.8, 4) is 17.0 Å². The first-order valence-corrected chi connectivity index (χ1v) is 12.9. The molecule has 0 aliphatic carbocycles. The fraction of sp³-hybridized carbons (Fsp3) is 0.143. The molecule has 1 N–H and O–H groups in total. The van der Waals surface area contributed by atoms with E-state index in [2.05, 4.69) is 36.4 Å². The molecule has 4 rings (SSSR count). The highest BCUT2D eigenvalue weighted by molar-refractivity contribution is 9.10. The van der Waals surface area contributed by atoms with Crippen molar-refractivity contribution >= 4 is 73.3 Å². The van der Waals surface area contributed by atoms with E-state index >= 15 is 0 Å². The van der Waals surface area contributed by atoms with Gasteiger partial charge in [0, 0.05) is 33.6 Å². The average molecular weight is 585 g/mol. The van der Waals surface area contributed by atoms with Crippen LogP contribution in [0.1, 0.15) is 5.82 Å². The highest BCUT2D eigenvalue weighted by Crippen LogP contribution is 2.29. The second kappa shape index (κ2) is 10.9. The van der Waals surface area contributed by atoms with Crippen molar-refractivity contribution in [3.05, 3.63) is 68.2 Å². The Morgan fingerprint density at radius 3 is 2.79 bits per heavy atom. The number of rotatable bonds is 8. The zero-order valence-electron chi connectivity index (χ0n) is 17.1. The number of thiazole rings is 1. The standard InChI is InChI=1S/C21H16BrCl2N5O2S2/c1-29-18(9-31-17-8-14(23)6-7-15(17)24)27-28-21(29)33-11-19(30)26-20-25-16(10-32-20)12-2-4-13(22)5-3-12/h2-8,10H,9,11H2,1H3,(H,25,26,30). The van der Waals surface area contributed by atoms with E-state index in [-0.39, 0.29) is 18.3 Å². The molecule has 2 aromatic carbocycles. The minimum atomic E-state index is -0.178. The number of thioether (sulfide) groups is 1. The molecule has 0 aliphatic heterocycles. The lowest BCUT2D eigenvalue weighted by molar-refractivity contribution is -0.113. The van der Waals surface area contributed by atoms with Gasteiger partial charge in [0.05, 0.1) is 16.5 Å². The molecule has 0 saturated heterocycles. The van der Waals surface area contributed by atoms with Crippen molar-refractivity contribution < 1.29 is 9.53 Å². The van der Waals surface area contributed by atoms with Crippen LogP contribution in [0.4, 0.5) is 5.13 Å². The summed E-state index contributed by atoms with van der Waals surface area (Å²) < 4.78 is 8.48. The maximum Gasteiger partial charge on any atom is 0.236 e. The van der Waals surface area contributed by atoms with E-state index in [1.54, 1.807) is 22.8 Å². The molecule has 0 bridgehead atoms. The number of aromatic nitrogens is 4. The van der Waals surface area contributed by atoms with E-state index in [0.717, 1.165) is 15.7 Å². The third kappa shape index (κ3) is 6.27. The van der Waals surface area contributed by atoms with E-state index in [1.807, 2.05) is 36.7 Å². The van der Waals surface area contributed by atoms with Gasteiger partial charge in [0.2, 0.25) is 5.91 Å². The van der Waals surface area contributed by atoms with Gasteiger partial charge in [0.25, 0.3) is 0 Å². The molecule has 170 valence electrons. The fourth-order valence-electron chi connectivity index (χ4n) is 2.70. The maximum absolute atomic E-state index is 12.4. The molecule has 12 heteroatoms. The van der Waals surface area contributed by atoms with Gasteiger partial charge in [-0.05, 0) is 24.3 Å². The van der Waals surface area contributed by atoms with Gasteiger partial charge in [-0.2, -0.15) is 0 Å². The molecular weight excluding hydrogens is 569 g/mol. The van der Waals surface area contributed by atoms with Gasteiger partial charge < -0.3 is 14.6 Å². The molecule has 4 aromatic rings. The fourth-order valence-corrected chi connectivity index (χ4v) is 4.76. The number of hydrogen-bond acceptors (Lipinski definition) is 7. The lowest BCUT2D eigenvalue weighted by Gasteiger charge is -2.08. The molecule has 0 saturated carbocycles. The number of hydrogen-bond donors (Lipinski definition) is 1. The predicted octanol–water partition coefficient (Wildman–Crippen LogP) is 6.32. The lowest BCUT2D eigenvalue weighted by atomic mass is 10.2. The number of ether oxygens (including phenoxy) is 1. The monoisotopic (exact) mass is 583 g/mol. The molecule has 2 aromatic heterocycles. The van der Waals surface area contributed by atoms with Gasteiger partial charge in [-0.15, -0.1) is 21.5 Å². The smallest absolute Gasteiger partial charge is 0.236 e. The van der Waals surface area contributed by atoms with Gasteiger partial charge >= 0.3 is 0 Å². The topological polar surface area (TPSA) is 81.9 Å². The van der Waals surface area contributed by atoms with E-state index < -0.39 is 0 Å². The summed E-state index contributed by atoms with van der Waals surface area (Å²) in [5.41, 5.74) is 1.80. The zero-order valence-corrected chi connectivity index (χ0v) is 21.8. The van der Waals surface area contributed by atoms with Gasteiger partial charge in [0.15, 0.2) is 16.1 Å². The van der Waals surface area contributed by atoms with Crippen LogP contribution in [0.2, 0.25) is 10.0 Å². The second-order valence-electron chi connectivity index (χ2n) is 6.70. The molecule has 2 heterocycles. The van der Waals surface area contributed by atoms with Crippen LogP contribution in [-0.4, -0.2) is 31.4 Å². The first-order valence-electron chi connectivity index (χ1n) is 9.49. The molecule has 33 heavy (non-hydrogen) atoms. The van der Waals surface area contributed by atoms with Gasteiger partial charge in [-0.25, -0.2) is 4.98 Å². The molecule has 0 unspecified atom stereocenters. The van der Waals surface area contributed by atoms with Crippen LogP contribution in [-0.2, 0) is 18.4 Å². The molecule has 0 fully saturated rings. The Kier molecular flexibility index (Phi) is 7.92. The van der Waals surface area contributed by atoms with E-state index in [9.17, 15) is 4.79 Å². The van der Waals surface area contributed by atoms with Crippen molar-refractivity contribution in [1.29, 1.82) is 0 Å². The predicted molar refractivity (Wildman–Crippen MR) is 136 cm³/mol. The van der Waals surface area contributed by atoms with Crippen LogP contribution in [0.25, 0.3) is 11.3 Å². The van der Waals surface area contributed by atoms with Gasteiger partial charge in [-0.3, -0.25) is 4.79 Å². The SMILES string of the molecule is Cn1c(COc2cc(Cl)ccc2Cl)nnc1SCC(=O)Nc1nc(-c2ccc(Br)cc2)cs1. The number of nitrogens with one attached hydrogen (secondary N) is 1. The van der Waals surface area contributed by atoms with E-state index in [0.29, 0.717) is 31.9 Å². The third-order valence-electron chi connectivity index (χ3n) is 4.40. The minimum Gasteiger partial charge on any atom is -0.484 e. The summed E-state index contributed by atoms with van der Waals surface area (Å²) >= 11 is 18.2. The normalized spacial score (nSPS) is 10.9. The quantitative estimate of drug-likeness (QED) is 0.244. The molecule has 0 atom stereocenters. The summed E-state index contributed by atoms with van der Waals surface area (Å²) in [5, 5.41) is 15.1. The Morgan fingerprint density at radius 1 is 1.21 bits per heavy atom. The Hall–Kier alpha value is -2.11. The maximum atomic E-state index is 12.4. The van der Waals surface area contributed by atoms with Crippen molar-refractivity contribution in [3.63, 3.8) is 0 Å². The van der Waals surface area contributed by atoms with Crippen LogP contribution in [0.5, 0.6) is 5.75 Å². The van der Waals surface area contributed by atoms with Crippen LogP contribution < -0.4 is 10.1 Å². The molecule has 0 aliphatic rings. The molecule has 0 radical (unpaired) electrons. The first kappa shape index (κ1) is 24.0. The molecule has 7 nitrogen and oxygen atoms in total. The van der Waals surface area contributed by atoms with Crippen molar-refractivity contribution in [2.24, 2.45) is 7.05 Å². The highest BCUT2D eigenvalue weighted by Gasteiger charge is 2.14. The second-order valence-corrected chi connectivity index (χ2v) is 10.3. The number of halogens is 3. The summed E-state index contributed by atoms with van der Waals surface area (Å²) in [6, 6.07) is 12.8. The third-order valence-corrected chi connectivity index (χ3v) is 7.25. The van der Waals surface area contributed by atoms with Crippen LogP contribution in [0.15, 0.2) is 57.5 Å². The van der Waals surface area contributed by atoms with Gasteiger partial charge in [0.1, 0.15) is 12.4 Å². The number of amides is 1. The summed E-state index contributed by atoms with van der Waals surface area (Å²) in [7, 11) is 1.81. The Balaban J connectivity index is 1.30. The summed E-state index contributed by atoms with van der Waals surface area (Å²) in [5.74, 6) is 1.04. The largest absolute Gasteiger partial charge is 0.484 e. The van der Waals surface area contributed by atoms with Crippen LogP contribution in [0.3, 0.4) is 0 Å². The molecule has 0 spiro atoms. The summed E-state index contributed by atoms with van der Waals surface area (Å²) in [4.78, 5) is 16.9. The first-order chi connectivity index (χ1) is 15.9.